The van der Waals surface area contributed by atoms with Crippen LogP contribution in [0.25, 0.3) is 0 Å². The van der Waals surface area contributed by atoms with E-state index in [1.54, 1.807) is 19.2 Å². The minimum atomic E-state index is -0.947. The third kappa shape index (κ3) is 5.21. The zero-order valence-corrected chi connectivity index (χ0v) is 16.6. The molecule has 1 saturated heterocycles. The molecule has 2 aromatic carbocycles. The average Bonchev–Trinajstić information content (AvgIpc) is 2.73. The highest BCUT2D eigenvalue weighted by molar-refractivity contribution is 5.54. The van der Waals surface area contributed by atoms with Crippen molar-refractivity contribution in [1.82, 2.24) is 9.80 Å². The zero-order chi connectivity index (χ0) is 19.9. The van der Waals surface area contributed by atoms with Crippen molar-refractivity contribution in [2.45, 2.75) is 13.0 Å². The van der Waals surface area contributed by atoms with Gasteiger partial charge in [0.1, 0.15) is 0 Å². The molecule has 7 heteroatoms. The first-order valence-corrected chi connectivity index (χ1v) is 9.57. The van der Waals surface area contributed by atoms with Crippen LogP contribution in [0.15, 0.2) is 42.5 Å². The van der Waals surface area contributed by atoms with Crippen LogP contribution in [0.4, 0.5) is 5.69 Å². The predicted octanol–water partition coefficient (Wildman–Crippen LogP) is 1.47. The number of hydrogen-bond donors (Lipinski definition) is 2. The van der Waals surface area contributed by atoms with Gasteiger partial charge in [0, 0.05) is 50.9 Å². The molecule has 1 atom stereocenters. The van der Waals surface area contributed by atoms with Crippen molar-refractivity contribution >= 4 is 5.69 Å². The maximum atomic E-state index is 11.7. The number of nitrogens with one attached hydrogen (secondary N) is 1. The molecule has 1 unspecified atom stereocenters. The standard InChI is InChI=1S/C21H29N3O4/c1-27-20-14-18(19(24(25)26)15-21(20)28-2)16-23-12-10-22(11-13-23)9-8-17-6-4-3-5-7-17/h3-7,14-15,24-25H,8-13,16H2,1-2H3. The molecular formula is C21H29N3O4. The van der Waals surface area contributed by atoms with Gasteiger partial charge in [-0.25, -0.2) is 5.21 Å². The molecule has 0 bridgehead atoms. The van der Waals surface area contributed by atoms with E-state index in [4.69, 9.17) is 9.47 Å². The van der Waals surface area contributed by atoms with E-state index in [1.165, 1.54) is 12.7 Å². The topological polar surface area (TPSA) is 72.7 Å². The molecule has 1 aliphatic heterocycles. The number of piperazine rings is 1. The Labute approximate surface area is 166 Å². The fourth-order valence-corrected chi connectivity index (χ4v) is 3.59. The van der Waals surface area contributed by atoms with Crippen LogP contribution in [0.3, 0.4) is 0 Å². The van der Waals surface area contributed by atoms with Gasteiger partial charge in [-0.1, -0.05) is 30.3 Å². The van der Waals surface area contributed by atoms with E-state index in [0.717, 1.165) is 44.7 Å². The summed E-state index contributed by atoms with van der Waals surface area (Å²) < 4.78 is 10.6. The van der Waals surface area contributed by atoms with E-state index in [-0.39, 0.29) is 5.69 Å². The van der Waals surface area contributed by atoms with Crippen LogP contribution in [0.5, 0.6) is 11.5 Å². The Morgan fingerprint density at radius 3 is 2.18 bits per heavy atom. The molecular weight excluding hydrogens is 358 g/mol. The van der Waals surface area contributed by atoms with Crippen molar-refractivity contribution in [2.75, 3.05) is 46.9 Å². The van der Waals surface area contributed by atoms with E-state index in [1.807, 2.05) is 6.07 Å². The molecule has 3 rings (SSSR count). The summed E-state index contributed by atoms with van der Waals surface area (Å²) in [4.78, 5) is 4.77. The highest BCUT2D eigenvalue weighted by Crippen LogP contribution is 2.32. The van der Waals surface area contributed by atoms with Crippen LogP contribution in [-0.2, 0) is 13.0 Å². The fourth-order valence-electron chi connectivity index (χ4n) is 3.59. The summed E-state index contributed by atoms with van der Waals surface area (Å²) in [5, 5.41) is 20.3. The summed E-state index contributed by atoms with van der Waals surface area (Å²) in [5.41, 5.74) is 2.38. The lowest BCUT2D eigenvalue weighted by atomic mass is 10.1. The minimum Gasteiger partial charge on any atom is -0.595 e. The third-order valence-electron chi connectivity index (χ3n) is 5.26. The van der Waals surface area contributed by atoms with Crippen molar-refractivity contribution in [3.8, 4) is 11.5 Å². The lowest BCUT2D eigenvalue weighted by molar-refractivity contribution is -0.991. The number of nitrogens with zero attached hydrogens (tertiary/aromatic N) is 2. The van der Waals surface area contributed by atoms with E-state index in [9.17, 15) is 10.4 Å². The molecule has 0 spiro atoms. The smallest absolute Gasteiger partial charge is 0.172 e. The molecule has 28 heavy (non-hydrogen) atoms. The lowest BCUT2D eigenvalue weighted by Crippen LogP contribution is -2.99. The Hall–Kier alpha value is -2.16. The molecule has 2 aromatic rings. The summed E-state index contributed by atoms with van der Waals surface area (Å²) >= 11 is 0. The second kappa shape index (κ2) is 9.86. The highest BCUT2D eigenvalue weighted by Gasteiger charge is 2.21. The average molecular weight is 387 g/mol. The molecule has 152 valence electrons. The van der Waals surface area contributed by atoms with E-state index in [2.05, 4.69) is 34.1 Å². The summed E-state index contributed by atoms with van der Waals surface area (Å²) in [5.74, 6) is 0.998. The molecule has 0 saturated carbocycles. The minimum absolute atomic E-state index is 0.268. The number of benzene rings is 2. The zero-order valence-electron chi connectivity index (χ0n) is 16.6. The number of quaternary nitrogens is 1. The molecule has 2 N–H and O–H groups in total. The normalized spacial score (nSPS) is 16.7. The summed E-state index contributed by atoms with van der Waals surface area (Å²) in [6, 6.07) is 13.9. The van der Waals surface area contributed by atoms with Crippen molar-refractivity contribution in [1.29, 1.82) is 0 Å². The van der Waals surface area contributed by atoms with Crippen LogP contribution in [0.1, 0.15) is 11.1 Å². The van der Waals surface area contributed by atoms with Crippen LogP contribution in [0, 0.1) is 5.21 Å². The van der Waals surface area contributed by atoms with Gasteiger partial charge >= 0.3 is 0 Å². The lowest BCUT2D eigenvalue weighted by Gasteiger charge is -2.35. The van der Waals surface area contributed by atoms with Crippen molar-refractivity contribution in [2.24, 2.45) is 0 Å². The molecule has 1 heterocycles. The van der Waals surface area contributed by atoms with Crippen molar-refractivity contribution in [3.63, 3.8) is 0 Å². The van der Waals surface area contributed by atoms with E-state index >= 15 is 0 Å². The predicted molar refractivity (Wildman–Crippen MR) is 107 cm³/mol. The molecule has 1 fully saturated rings. The first-order valence-electron chi connectivity index (χ1n) is 9.57. The van der Waals surface area contributed by atoms with Gasteiger partial charge in [-0.15, -0.1) is 0 Å². The van der Waals surface area contributed by atoms with Crippen molar-refractivity contribution in [3.05, 3.63) is 58.8 Å². The first-order chi connectivity index (χ1) is 13.6. The fraction of sp³-hybridized carbons (Fsp3) is 0.429. The highest BCUT2D eigenvalue weighted by atomic mass is 16.8. The molecule has 7 nitrogen and oxygen atoms in total. The second-order valence-electron chi connectivity index (χ2n) is 7.02. The summed E-state index contributed by atoms with van der Waals surface area (Å²) in [6.07, 6.45) is 1.06. The van der Waals surface area contributed by atoms with Crippen LogP contribution < -0.4 is 14.7 Å². The van der Waals surface area contributed by atoms with Gasteiger partial charge in [0.2, 0.25) is 0 Å². The van der Waals surface area contributed by atoms with Gasteiger partial charge in [0.05, 0.1) is 14.2 Å². The van der Waals surface area contributed by atoms with Gasteiger partial charge in [0.15, 0.2) is 17.2 Å². The van der Waals surface area contributed by atoms with Crippen LogP contribution in [0.2, 0.25) is 0 Å². The van der Waals surface area contributed by atoms with Gasteiger partial charge in [-0.05, 0) is 18.1 Å². The molecule has 0 radical (unpaired) electrons. The Morgan fingerprint density at radius 2 is 1.57 bits per heavy atom. The Kier molecular flexibility index (Phi) is 7.24. The van der Waals surface area contributed by atoms with Crippen LogP contribution in [-0.4, -0.2) is 62.0 Å². The molecule has 0 aromatic heterocycles. The van der Waals surface area contributed by atoms with Crippen molar-refractivity contribution < 1.29 is 19.9 Å². The number of ether oxygens (including phenoxy) is 2. The van der Waals surface area contributed by atoms with Gasteiger partial charge < -0.3 is 19.6 Å². The number of methoxy groups -OCH3 is 2. The Balaban J connectivity index is 1.58. The quantitative estimate of drug-likeness (QED) is 0.669. The molecule has 0 amide bonds. The second-order valence-corrected chi connectivity index (χ2v) is 7.02. The monoisotopic (exact) mass is 387 g/mol. The first kappa shape index (κ1) is 20.6. The van der Waals surface area contributed by atoms with E-state index in [0.29, 0.717) is 18.0 Å². The Morgan fingerprint density at radius 1 is 0.964 bits per heavy atom. The van der Waals surface area contributed by atoms with Gasteiger partial charge in [0.25, 0.3) is 0 Å². The number of hydrogen-bond acceptors (Lipinski definition) is 6. The maximum absolute atomic E-state index is 11.7. The maximum Gasteiger partial charge on any atom is 0.172 e. The van der Waals surface area contributed by atoms with Gasteiger partial charge in [-0.2, -0.15) is 5.23 Å². The Bertz CT molecular complexity index is 747. The summed E-state index contributed by atoms with van der Waals surface area (Å²) in [6.45, 7) is 5.46. The largest absolute Gasteiger partial charge is 0.595 e. The number of rotatable bonds is 8. The summed E-state index contributed by atoms with van der Waals surface area (Å²) in [7, 11) is 3.07. The van der Waals surface area contributed by atoms with E-state index < -0.39 is 5.23 Å². The third-order valence-corrected chi connectivity index (χ3v) is 5.26. The molecule has 1 aliphatic rings. The van der Waals surface area contributed by atoms with Crippen LogP contribution >= 0.6 is 0 Å². The molecule has 0 aliphatic carbocycles. The van der Waals surface area contributed by atoms with Gasteiger partial charge in [-0.3, -0.25) is 4.90 Å². The SMILES string of the molecule is COc1cc(CN2CCN(CCc3ccccc3)CC2)c([NH+]([O-])O)cc1OC.